The summed E-state index contributed by atoms with van der Waals surface area (Å²) < 4.78 is 6.64. The molecular formula is C22H28N8O2S. The van der Waals surface area contributed by atoms with Gasteiger partial charge in [0.05, 0.1) is 29.0 Å². The largest absolute Gasteiger partial charge is 0.378 e. The van der Waals surface area contributed by atoms with Gasteiger partial charge in [0.15, 0.2) is 11.6 Å². The predicted molar refractivity (Wildman–Crippen MR) is 128 cm³/mol. The van der Waals surface area contributed by atoms with Gasteiger partial charge in [0.2, 0.25) is 11.9 Å². The van der Waals surface area contributed by atoms with Crippen molar-refractivity contribution in [1.82, 2.24) is 30.2 Å². The lowest BCUT2D eigenvalue weighted by Crippen LogP contribution is -2.46. The van der Waals surface area contributed by atoms with Crippen LogP contribution >= 0.6 is 11.3 Å². The molecule has 1 amide bonds. The number of piperidine rings is 1. The fourth-order valence-corrected chi connectivity index (χ4v) is 5.59. The standard InChI is InChI=1S/C22H28N8O2S/c1-14(31)26-16-3-2-4-29(12-16)13-17-9-18-19(33-17)21(30-5-7-32-8-6-30)28-20(27-18)15-10-24-22(23)25-11-15/h9-11,16H,2-8,12-13H2,1H3,(H,26,31)(H2,23,24,25). The van der Waals surface area contributed by atoms with E-state index in [9.17, 15) is 4.79 Å². The quantitative estimate of drug-likeness (QED) is 0.575. The molecule has 2 aliphatic rings. The van der Waals surface area contributed by atoms with Crippen LogP contribution < -0.4 is 16.0 Å². The Balaban J connectivity index is 1.46. The van der Waals surface area contributed by atoms with Crippen LogP contribution in [0.2, 0.25) is 0 Å². The fourth-order valence-electron chi connectivity index (χ4n) is 4.44. The average Bonchev–Trinajstić information content (AvgIpc) is 3.21. The predicted octanol–water partition coefficient (Wildman–Crippen LogP) is 1.67. The fraction of sp³-hybridized carbons (Fsp3) is 0.500. The summed E-state index contributed by atoms with van der Waals surface area (Å²) >= 11 is 1.74. The summed E-state index contributed by atoms with van der Waals surface area (Å²) in [4.78, 5) is 35.4. The minimum absolute atomic E-state index is 0.0355. The van der Waals surface area contributed by atoms with Crippen LogP contribution in [0.15, 0.2) is 18.5 Å². The number of hydrogen-bond acceptors (Lipinski definition) is 10. The van der Waals surface area contributed by atoms with Crippen LogP contribution in [-0.4, -0.2) is 76.2 Å². The van der Waals surface area contributed by atoms with E-state index >= 15 is 0 Å². The number of fused-ring (bicyclic) bond motifs is 1. The molecule has 0 bridgehead atoms. The Morgan fingerprint density at radius 1 is 1.24 bits per heavy atom. The molecule has 0 aromatic carbocycles. The van der Waals surface area contributed by atoms with E-state index in [-0.39, 0.29) is 17.9 Å². The van der Waals surface area contributed by atoms with Crippen molar-refractivity contribution in [2.75, 3.05) is 50.0 Å². The SMILES string of the molecule is CC(=O)NC1CCCN(Cc2cc3nc(-c4cnc(N)nc4)nc(N4CCOCC4)c3s2)C1. The number of nitrogens with zero attached hydrogens (tertiary/aromatic N) is 6. The van der Waals surface area contributed by atoms with E-state index in [1.807, 2.05) is 0 Å². The van der Waals surface area contributed by atoms with E-state index in [0.29, 0.717) is 19.0 Å². The lowest BCUT2D eigenvalue weighted by Gasteiger charge is -2.32. The molecule has 3 aromatic heterocycles. The van der Waals surface area contributed by atoms with Crippen LogP contribution in [0.5, 0.6) is 0 Å². The van der Waals surface area contributed by atoms with Gasteiger partial charge < -0.3 is 20.7 Å². The normalized spacial score (nSPS) is 19.7. The number of nitrogens with one attached hydrogen (secondary N) is 1. The number of rotatable bonds is 5. The summed E-state index contributed by atoms with van der Waals surface area (Å²) in [7, 11) is 0. The Bertz CT molecular complexity index is 1130. The van der Waals surface area contributed by atoms with Crippen molar-refractivity contribution in [1.29, 1.82) is 0 Å². The first-order valence-corrected chi connectivity index (χ1v) is 12.1. The highest BCUT2D eigenvalue weighted by Gasteiger charge is 2.23. The van der Waals surface area contributed by atoms with Gasteiger partial charge in [0, 0.05) is 56.4 Å². The number of anilines is 2. The molecule has 1 unspecified atom stereocenters. The van der Waals surface area contributed by atoms with Gasteiger partial charge in [0.25, 0.3) is 0 Å². The number of nitrogens with two attached hydrogens (primary N) is 1. The molecule has 174 valence electrons. The Kier molecular flexibility index (Phi) is 6.34. The summed E-state index contributed by atoms with van der Waals surface area (Å²) in [5, 5.41) is 3.07. The van der Waals surface area contributed by atoms with Crippen molar-refractivity contribution in [3.63, 3.8) is 0 Å². The minimum Gasteiger partial charge on any atom is -0.378 e. The van der Waals surface area contributed by atoms with E-state index in [1.165, 1.54) is 4.88 Å². The number of carbonyl (C=O) groups excluding carboxylic acids is 1. The number of hydrogen-bond donors (Lipinski definition) is 2. The van der Waals surface area contributed by atoms with Gasteiger partial charge in [-0.15, -0.1) is 11.3 Å². The number of aromatic nitrogens is 4. The topological polar surface area (TPSA) is 122 Å². The van der Waals surface area contributed by atoms with Crippen molar-refractivity contribution in [2.45, 2.75) is 32.4 Å². The Morgan fingerprint density at radius 3 is 2.79 bits per heavy atom. The maximum Gasteiger partial charge on any atom is 0.219 e. The highest BCUT2D eigenvalue weighted by Crippen LogP contribution is 2.35. The number of thiophene rings is 1. The molecule has 0 spiro atoms. The highest BCUT2D eigenvalue weighted by molar-refractivity contribution is 7.19. The number of ether oxygens (including phenoxy) is 1. The molecule has 2 fully saturated rings. The number of morpholine rings is 1. The van der Waals surface area contributed by atoms with Crippen LogP contribution in [0.3, 0.4) is 0 Å². The van der Waals surface area contributed by atoms with Gasteiger partial charge in [-0.1, -0.05) is 0 Å². The maximum absolute atomic E-state index is 11.5. The third-order valence-corrected chi connectivity index (χ3v) is 7.04. The molecule has 0 radical (unpaired) electrons. The summed E-state index contributed by atoms with van der Waals surface area (Å²) in [6, 6.07) is 2.38. The van der Waals surface area contributed by atoms with Gasteiger partial charge in [-0.2, -0.15) is 0 Å². The van der Waals surface area contributed by atoms with E-state index in [2.05, 4.69) is 31.2 Å². The maximum atomic E-state index is 11.5. The molecule has 2 aliphatic heterocycles. The Morgan fingerprint density at radius 2 is 2.03 bits per heavy atom. The number of carbonyl (C=O) groups is 1. The smallest absolute Gasteiger partial charge is 0.219 e. The molecule has 1 atom stereocenters. The zero-order valence-corrected chi connectivity index (χ0v) is 19.5. The second-order valence-electron chi connectivity index (χ2n) is 8.50. The third kappa shape index (κ3) is 5.05. The molecule has 0 saturated carbocycles. The van der Waals surface area contributed by atoms with Gasteiger partial charge in [-0.3, -0.25) is 9.69 Å². The second-order valence-corrected chi connectivity index (χ2v) is 9.64. The summed E-state index contributed by atoms with van der Waals surface area (Å²) in [6.45, 7) is 7.26. The van der Waals surface area contributed by atoms with E-state index in [4.69, 9.17) is 20.4 Å². The Hall–Kier alpha value is -2.89. The van der Waals surface area contributed by atoms with Crippen LogP contribution in [-0.2, 0) is 16.1 Å². The second kappa shape index (κ2) is 9.54. The van der Waals surface area contributed by atoms with Crippen molar-refractivity contribution in [2.24, 2.45) is 0 Å². The molecule has 33 heavy (non-hydrogen) atoms. The van der Waals surface area contributed by atoms with Gasteiger partial charge >= 0.3 is 0 Å². The summed E-state index contributed by atoms with van der Waals surface area (Å²) in [5.41, 5.74) is 7.32. The summed E-state index contributed by atoms with van der Waals surface area (Å²) in [5.74, 6) is 1.79. The first kappa shape index (κ1) is 21.9. The summed E-state index contributed by atoms with van der Waals surface area (Å²) in [6.07, 6.45) is 5.43. The van der Waals surface area contributed by atoms with E-state index in [1.54, 1.807) is 30.7 Å². The van der Waals surface area contributed by atoms with Gasteiger partial charge in [-0.25, -0.2) is 19.9 Å². The van der Waals surface area contributed by atoms with Crippen LogP contribution in [0.25, 0.3) is 21.6 Å². The molecule has 11 heteroatoms. The molecule has 3 N–H and O–H groups in total. The van der Waals surface area contributed by atoms with Crippen molar-refractivity contribution in [3.05, 3.63) is 23.3 Å². The van der Waals surface area contributed by atoms with Crippen LogP contribution in [0.4, 0.5) is 11.8 Å². The molecule has 10 nitrogen and oxygen atoms in total. The first-order valence-electron chi connectivity index (χ1n) is 11.3. The number of amides is 1. The highest BCUT2D eigenvalue weighted by atomic mass is 32.1. The molecule has 5 heterocycles. The van der Waals surface area contributed by atoms with Crippen LogP contribution in [0.1, 0.15) is 24.6 Å². The zero-order chi connectivity index (χ0) is 22.8. The number of likely N-dealkylation sites (tertiary alicyclic amines) is 1. The van der Waals surface area contributed by atoms with Crippen LogP contribution in [0, 0.1) is 0 Å². The molecule has 2 saturated heterocycles. The lowest BCUT2D eigenvalue weighted by molar-refractivity contribution is -0.120. The lowest BCUT2D eigenvalue weighted by atomic mass is 10.1. The third-order valence-electron chi connectivity index (χ3n) is 5.94. The van der Waals surface area contributed by atoms with E-state index in [0.717, 1.165) is 67.2 Å². The van der Waals surface area contributed by atoms with Gasteiger partial charge in [-0.05, 0) is 25.5 Å². The molecule has 0 aliphatic carbocycles. The zero-order valence-electron chi connectivity index (χ0n) is 18.7. The minimum atomic E-state index is 0.0355. The van der Waals surface area contributed by atoms with Crippen molar-refractivity contribution >= 4 is 39.2 Å². The average molecular weight is 469 g/mol. The van der Waals surface area contributed by atoms with Crippen molar-refractivity contribution < 1.29 is 9.53 Å². The van der Waals surface area contributed by atoms with E-state index < -0.39 is 0 Å². The monoisotopic (exact) mass is 468 g/mol. The Labute approximate surface area is 196 Å². The van der Waals surface area contributed by atoms with Gasteiger partial charge in [0.1, 0.15) is 0 Å². The molecule has 3 aromatic rings. The first-order chi connectivity index (χ1) is 16.0. The molecule has 5 rings (SSSR count). The van der Waals surface area contributed by atoms with Crippen molar-refractivity contribution in [3.8, 4) is 11.4 Å². The molecular weight excluding hydrogens is 440 g/mol. The number of nitrogen functional groups attached to an aromatic ring is 1.